The van der Waals surface area contributed by atoms with Gasteiger partial charge in [0, 0.05) is 6.07 Å². The number of nitrogen functional groups attached to an aromatic ring is 1. The third-order valence-electron chi connectivity index (χ3n) is 2.36. The highest BCUT2D eigenvalue weighted by Crippen LogP contribution is 2.20. The Morgan fingerprint density at radius 3 is 3.11 bits per heavy atom. The lowest BCUT2D eigenvalue weighted by Gasteiger charge is -2.06. The Morgan fingerprint density at radius 1 is 1.39 bits per heavy atom. The van der Waals surface area contributed by atoms with Crippen LogP contribution in [-0.4, -0.2) is 25.3 Å². The molecule has 5 N–H and O–H groups in total. The van der Waals surface area contributed by atoms with Gasteiger partial charge in [0.1, 0.15) is 5.82 Å². The zero-order valence-electron chi connectivity index (χ0n) is 9.21. The molecular weight excluding hydrogens is 236 g/mol. The largest absolute Gasteiger partial charge is 0.362 e. The second kappa shape index (κ2) is 4.30. The van der Waals surface area contributed by atoms with Crippen molar-refractivity contribution >= 4 is 22.8 Å². The molecule has 0 atom stereocenters. The average Bonchev–Trinajstić information content (AvgIpc) is 3.06. The van der Waals surface area contributed by atoms with Crippen LogP contribution < -0.4 is 16.6 Å². The monoisotopic (exact) mass is 246 g/mol. The molecule has 0 amide bonds. The van der Waals surface area contributed by atoms with Gasteiger partial charge in [0.05, 0.1) is 24.3 Å². The summed E-state index contributed by atoms with van der Waals surface area (Å²) in [5.74, 6) is 6.91. The van der Waals surface area contributed by atoms with Gasteiger partial charge in [-0.2, -0.15) is 15.1 Å². The van der Waals surface area contributed by atoms with Crippen LogP contribution >= 0.6 is 0 Å². The molecule has 0 saturated carbocycles. The van der Waals surface area contributed by atoms with Crippen LogP contribution in [-0.2, 0) is 6.54 Å². The van der Waals surface area contributed by atoms with E-state index in [0.717, 1.165) is 5.39 Å². The Labute approximate surface area is 101 Å². The lowest BCUT2D eigenvalue weighted by molar-refractivity contribution is 0.388. The maximum atomic E-state index is 5.30. The molecule has 3 rings (SSSR count). The van der Waals surface area contributed by atoms with E-state index < -0.39 is 0 Å². The fourth-order valence-corrected chi connectivity index (χ4v) is 1.54. The van der Waals surface area contributed by atoms with E-state index in [2.05, 4.69) is 36.1 Å². The SMILES string of the molecule is NNc1nc(NCc2ccno2)c2cn[nH]c2n1. The molecule has 18 heavy (non-hydrogen) atoms. The molecule has 0 saturated heterocycles. The first kappa shape index (κ1) is 10.5. The minimum Gasteiger partial charge on any atom is -0.362 e. The Hall–Kier alpha value is -2.68. The van der Waals surface area contributed by atoms with Crippen LogP contribution in [0.3, 0.4) is 0 Å². The van der Waals surface area contributed by atoms with Crippen molar-refractivity contribution in [3.05, 3.63) is 24.2 Å². The lowest BCUT2D eigenvalue weighted by Crippen LogP contribution is -2.12. The summed E-state index contributed by atoms with van der Waals surface area (Å²) >= 11 is 0. The Bertz CT molecular complexity index is 646. The van der Waals surface area contributed by atoms with Crippen molar-refractivity contribution in [2.24, 2.45) is 5.84 Å². The van der Waals surface area contributed by atoms with E-state index in [1.807, 2.05) is 0 Å². The highest BCUT2D eigenvalue weighted by atomic mass is 16.5. The number of hydrogen-bond donors (Lipinski definition) is 4. The summed E-state index contributed by atoms with van der Waals surface area (Å²) in [6.45, 7) is 0.460. The Morgan fingerprint density at radius 2 is 2.33 bits per heavy atom. The van der Waals surface area contributed by atoms with Gasteiger partial charge in [-0.05, 0) is 0 Å². The molecule has 0 aliphatic carbocycles. The first-order valence-corrected chi connectivity index (χ1v) is 5.18. The van der Waals surface area contributed by atoms with Crippen molar-refractivity contribution in [1.82, 2.24) is 25.3 Å². The first-order chi connectivity index (χ1) is 8.86. The molecule has 0 radical (unpaired) electrons. The average molecular weight is 246 g/mol. The van der Waals surface area contributed by atoms with Gasteiger partial charge >= 0.3 is 0 Å². The fraction of sp³-hybridized carbons (Fsp3) is 0.111. The van der Waals surface area contributed by atoms with Crippen molar-refractivity contribution in [3.8, 4) is 0 Å². The van der Waals surface area contributed by atoms with Gasteiger partial charge in [0.15, 0.2) is 11.4 Å². The van der Waals surface area contributed by atoms with E-state index in [-0.39, 0.29) is 0 Å². The summed E-state index contributed by atoms with van der Waals surface area (Å²) in [7, 11) is 0. The predicted molar refractivity (Wildman–Crippen MR) is 63.3 cm³/mol. The van der Waals surface area contributed by atoms with Gasteiger partial charge in [-0.15, -0.1) is 0 Å². The summed E-state index contributed by atoms with van der Waals surface area (Å²) in [5.41, 5.74) is 2.99. The van der Waals surface area contributed by atoms with Crippen LogP contribution in [0.5, 0.6) is 0 Å². The number of nitrogens with zero attached hydrogens (tertiary/aromatic N) is 4. The number of hydrogen-bond acceptors (Lipinski definition) is 8. The zero-order chi connectivity index (χ0) is 12.4. The van der Waals surface area contributed by atoms with Crippen LogP contribution in [0.25, 0.3) is 11.0 Å². The zero-order valence-corrected chi connectivity index (χ0v) is 9.21. The van der Waals surface area contributed by atoms with E-state index in [4.69, 9.17) is 10.4 Å². The third kappa shape index (κ3) is 1.82. The number of rotatable bonds is 4. The maximum Gasteiger partial charge on any atom is 0.241 e. The molecule has 0 aromatic carbocycles. The second-order valence-corrected chi connectivity index (χ2v) is 3.50. The summed E-state index contributed by atoms with van der Waals surface area (Å²) in [6, 6.07) is 1.77. The predicted octanol–water partition coefficient (Wildman–Crippen LogP) is 0.239. The van der Waals surface area contributed by atoms with Crippen LogP contribution in [0.2, 0.25) is 0 Å². The van der Waals surface area contributed by atoms with Crippen LogP contribution in [0.1, 0.15) is 5.76 Å². The fourth-order valence-electron chi connectivity index (χ4n) is 1.54. The molecule has 0 bridgehead atoms. The minimum atomic E-state index is 0.298. The molecule has 0 aliphatic rings. The number of nitrogens with one attached hydrogen (secondary N) is 3. The molecule has 92 valence electrons. The summed E-state index contributed by atoms with van der Waals surface area (Å²) in [6.07, 6.45) is 3.22. The molecule has 0 unspecified atom stereocenters. The van der Waals surface area contributed by atoms with E-state index in [1.165, 1.54) is 0 Å². The lowest BCUT2D eigenvalue weighted by atomic mass is 10.3. The Balaban J connectivity index is 1.92. The topological polar surface area (TPSA) is 131 Å². The number of fused-ring (bicyclic) bond motifs is 1. The van der Waals surface area contributed by atoms with Crippen molar-refractivity contribution in [1.29, 1.82) is 0 Å². The second-order valence-electron chi connectivity index (χ2n) is 3.50. The smallest absolute Gasteiger partial charge is 0.241 e. The van der Waals surface area contributed by atoms with Crippen LogP contribution in [0, 0.1) is 0 Å². The van der Waals surface area contributed by atoms with Gasteiger partial charge in [-0.3, -0.25) is 10.5 Å². The van der Waals surface area contributed by atoms with Gasteiger partial charge in [-0.1, -0.05) is 5.16 Å². The van der Waals surface area contributed by atoms with Gasteiger partial charge in [0.25, 0.3) is 0 Å². The number of anilines is 2. The molecular formula is C9H10N8O. The summed E-state index contributed by atoms with van der Waals surface area (Å²) in [4.78, 5) is 8.33. The van der Waals surface area contributed by atoms with E-state index in [1.54, 1.807) is 18.5 Å². The van der Waals surface area contributed by atoms with E-state index in [9.17, 15) is 0 Å². The van der Waals surface area contributed by atoms with Crippen LogP contribution in [0.4, 0.5) is 11.8 Å². The summed E-state index contributed by atoms with van der Waals surface area (Å²) < 4.78 is 4.99. The molecule has 0 aliphatic heterocycles. The van der Waals surface area contributed by atoms with Crippen LogP contribution in [0.15, 0.2) is 23.0 Å². The van der Waals surface area contributed by atoms with Gasteiger partial charge in [0.2, 0.25) is 5.95 Å². The van der Waals surface area contributed by atoms with Crippen molar-refractivity contribution in [2.75, 3.05) is 10.7 Å². The number of hydrazine groups is 1. The Kier molecular flexibility index (Phi) is 2.50. The van der Waals surface area contributed by atoms with Gasteiger partial charge in [-0.25, -0.2) is 5.84 Å². The number of aromatic amines is 1. The minimum absolute atomic E-state index is 0.298. The molecule has 3 aromatic rings. The molecule has 0 fully saturated rings. The molecule has 9 heteroatoms. The van der Waals surface area contributed by atoms with Crippen molar-refractivity contribution in [3.63, 3.8) is 0 Å². The maximum absolute atomic E-state index is 5.30. The third-order valence-corrected chi connectivity index (χ3v) is 2.36. The number of nitrogens with two attached hydrogens (primary N) is 1. The number of aromatic nitrogens is 5. The number of H-pyrrole nitrogens is 1. The quantitative estimate of drug-likeness (QED) is 0.380. The van der Waals surface area contributed by atoms with Gasteiger partial charge < -0.3 is 9.84 Å². The molecule has 3 heterocycles. The summed E-state index contributed by atoms with van der Waals surface area (Å²) in [5, 5.41) is 14.2. The standard InChI is InChI=1S/C9H10N8O/c10-16-9-14-7(6-4-12-17-8(6)15-9)11-3-5-1-2-13-18-5/h1-2,4H,3,10H2,(H3,11,12,14,15,16,17). The highest BCUT2D eigenvalue weighted by molar-refractivity contribution is 5.86. The van der Waals surface area contributed by atoms with Crippen molar-refractivity contribution < 1.29 is 4.52 Å². The molecule has 9 nitrogen and oxygen atoms in total. The highest BCUT2D eigenvalue weighted by Gasteiger charge is 2.09. The van der Waals surface area contributed by atoms with Crippen molar-refractivity contribution in [2.45, 2.75) is 6.54 Å². The molecule has 3 aromatic heterocycles. The van der Waals surface area contributed by atoms with E-state index in [0.29, 0.717) is 29.7 Å². The normalized spacial score (nSPS) is 10.7. The first-order valence-electron chi connectivity index (χ1n) is 5.18. The molecule has 0 spiro atoms. The van der Waals surface area contributed by atoms with E-state index >= 15 is 0 Å².